The Labute approximate surface area is 336 Å². The number of halogens is 6. The second kappa shape index (κ2) is 18.8. The number of carbonyl (C=O) groups excluding carboxylic acids is 1. The number of hydrogen-bond donors (Lipinski definition) is 6. The Kier molecular flexibility index (Phi) is 14.3. The van der Waals surface area contributed by atoms with E-state index in [0.29, 0.717) is 12.1 Å². The summed E-state index contributed by atoms with van der Waals surface area (Å²) in [5, 5.41) is 55.7. The maximum atomic E-state index is 13.6. The van der Waals surface area contributed by atoms with Gasteiger partial charge in [0.25, 0.3) is 0 Å². The van der Waals surface area contributed by atoms with Crippen molar-refractivity contribution in [2.24, 2.45) is 0 Å². The van der Waals surface area contributed by atoms with E-state index in [1.807, 2.05) is 29.2 Å². The first kappa shape index (κ1) is 44.9. The fourth-order valence-electron chi connectivity index (χ4n) is 7.05. The molecule has 0 spiro atoms. The van der Waals surface area contributed by atoms with Gasteiger partial charge >= 0.3 is 32.6 Å². The molecular weight excluding hydrogens is 782 g/mol. The lowest BCUT2D eigenvalue weighted by atomic mass is 9.76. The minimum absolute atomic E-state index is 0.0580. The largest absolute Gasteiger partial charge is 0.488 e. The van der Waals surface area contributed by atoms with Gasteiger partial charge in [-0.2, -0.15) is 26.3 Å². The zero-order valence-electron chi connectivity index (χ0n) is 31.8. The number of carboxylic acid groups (broad SMARTS) is 1. The van der Waals surface area contributed by atoms with Gasteiger partial charge in [-0.05, 0) is 85.9 Å². The van der Waals surface area contributed by atoms with Gasteiger partial charge in [-0.15, -0.1) is 0 Å². The van der Waals surface area contributed by atoms with Crippen molar-refractivity contribution in [3.8, 4) is 0 Å². The number of alkyl halides is 6. The van der Waals surface area contributed by atoms with E-state index in [9.17, 15) is 61.1 Å². The van der Waals surface area contributed by atoms with Crippen molar-refractivity contribution in [2.75, 3.05) is 19.6 Å². The third-order valence-electron chi connectivity index (χ3n) is 9.95. The highest BCUT2D eigenvalue weighted by Crippen LogP contribution is 2.36. The molecular formula is C41H41B2F6N3O7. The Bertz CT molecular complexity index is 2280. The number of fused-ring (bicyclic) bond motifs is 2. The van der Waals surface area contributed by atoms with Crippen LogP contribution in [0.1, 0.15) is 46.7 Å². The summed E-state index contributed by atoms with van der Waals surface area (Å²) in [5.41, 5.74) is -0.742. The van der Waals surface area contributed by atoms with Gasteiger partial charge in [0.15, 0.2) is 0 Å². The summed E-state index contributed by atoms with van der Waals surface area (Å²) in [5.74, 6) is -1.53. The Morgan fingerprint density at radius 3 is 1.37 bits per heavy atom. The molecule has 0 aliphatic carbocycles. The smallest absolute Gasteiger partial charge is 0.481 e. The normalized spacial score (nSPS) is 12.1. The highest BCUT2D eigenvalue weighted by atomic mass is 19.4. The minimum atomic E-state index is -4.75. The van der Waals surface area contributed by atoms with E-state index in [1.54, 1.807) is 29.2 Å². The molecule has 5 aromatic carbocycles. The number of rotatable bonds is 17. The van der Waals surface area contributed by atoms with Crippen LogP contribution in [-0.2, 0) is 48.1 Å². The van der Waals surface area contributed by atoms with Gasteiger partial charge in [-0.1, -0.05) is 67.2 Å². The van der Waals surface area contributed by atoms with Crippen LogP contribution in [0.5, 0.6) is 0 Å². The number of aliphatic carboxylic acids is 1. The van der Waals surface area contributed by atoms with E-state index in [4.69, 9.17) is 0 Å². The van der Waals surface area contributed by atoms with Gasteiger partial charge in [0, 0.05) is 51.4 Å². The van der Waals surface area contributed by atoms with Crippen molar-refractivity contribution in [3.05, 3.63) is 130 Å². The predicted molar refractivity (Wildman–Crippen MR) is 212 cm³/mol. The van der Waals surface area contributed by atoms with E-state index in [2.05, 4.69) is 11.9 Å². The summed E-state index contributed by atoms with van der Waals surface area (Å²) in [6.07, 6.45) is -9.83. The lowest BCUT2D eigenvalue weighted by Gasteiger charge is -2.28. The molecule has 0 radical (unpaired) electrons. The van der Waals surface area contributed by atoms with Crippen LogP contribution in [0.4, 0.5) is 26.3 Å². The lowest BCUT2D eigenvalue weighted by Crippen LogP contribution is -2.39. The first-order valence-electron chi connectivity index (χ1n) is 18.4. The molecule has 1 amide bonds. The number of carboxylic acids is 1. The molecule has 310 valence electrons. The number of nitrogens with one attached hydrogen (secondary N) is 1. The first-order valence-corrected chi connectivity index (χ1v) is 18.4. The highest BCUT2D eigenvalue weighted by Gasteiger charge is 2.34. The number of carbonyl (C=O) groups is 2. The molecule has 0 bridgehead atoms. The second-order valence-electron chi connectivity index (χ2n) is 14.2. The molecule has 0 fully saturated rings. The summed E-state index contributed by atoms with van der Waals surface area (Å²) in [6, 6.07) is 20.0. The van der Waals surface area contributed by atoms with E-state index in [0.717, 1.165) is 50.9 Å². The van der Waals surface area contributed by atoms with E-state index >= 15 is 0 Å². The lowest BCUT2D eigenvalue weighted by molar-refractivity contribution is -0.138. The van der Waals surface area contributed by atoms with Crippen molar-refractivity contribution < 1.29 is 61.1 Å². The van der Waals surface area contributed by atoms with Crippen LogP contribution in [-0.4, -0.2) is 80.7 Å². The van der Waals surface area contributed by atoms with Gasteiger partial charge in [0.1, 0.15) is 0 Å². The third kappa shape index (κ3) is 11.3. The molecule has 0 saturated heterocycles. The van der Waals surface area contributed by atoms with Crippen molar-refractivity contribution in [1.82, 2.24) is 15.1 Å². The molecule has 18 heteroatoms. The third-order valence-corrected chi connectivity index (χ3v) is 9.95. The SMILES string of the molecule is C=C(C)C(=O)NCCN(Cc1ccc(C(F)(F)F)cc1B(O)O)Cc1c2ccccc2c(CN(CCC(=O)O)Cc2ccc(C(F)(F)F)cc2B(O)O)c2ccccc12. The zero-order chi connectivity index (χ0) is 43.2. The number of amides is 1. The molecule has 6 N–H and O–H groups in total. The molecule has 0 aliphatic rings. The van der Waals surface area contributed by atoms with Gasteiger partial charge in [-0.25, -0.2) is 0 Å². The molecule has 0 heterocycles. The van der Waals surface area contributed by atoms with Crippen LogP contribution in [0, 0.1) is 0 Å². The molecule has 5 aromatic rings. The average Bonchev–Trinajstić information content (AvgIpc) is 3.16. The van der Waals surface area contributed by atoms with E-state index in [1.165, 1.54) is 13.0 Å². The van der Waals surface area contributed by atoms with Crippen LogP contribution in [0.3, 0.4) is 0 Å². The number of hydrogen-bond acceptors (Lipinski definition) is 8. The molecule has 0 unspecified atom stereocenters. The van der Waals surface area contributed by atoms with Crippen molar-refractivity contribution in [1.29, 1.82) is 0 Å². The fourth-order valence-corrected chi connectivity index (χ4v) is 7.05. The van der Waals surface area contributed by atoms with Crippen molar-refractivity contribution in [2.45, 2.75) is 51.9 Å². The van der Waals surface area contributed by atoms with Crippen LogP contribution in [0.25, 0.3) is 21.5 Å². The minimum Gasteiger partial charge on any atom is -0.481 e. The predicted octanol–water partition coefficient (Wildman–Crippen LogP) is 4.56. The zero-order valence-corrected chi connectivity index (χ0v) is 31.8. The highest BCUT2D eigenvalue weighted by molar-refractivity contribution is 6.59. The topological polar surface area (TPSA) is 154 Å². The number of nitrogens with zero attached hydrogens (tertiary/aromatic N) is 2. The second-order valence-corrected chi connectivity index (χ2v) is 14.2. The molecule has 10 nitrogen and oxygen atoms in total. The van der Waals surface area contributed by atoms with Crippen molar-refractivity contribution in [3.63, 3.8) is 0 Å². The molecule has 0 saturated carbocycles. The summed E-state index contributed by atoms with van der Waals surface area (Å²) >= 11 is 0. The van der Waals surface area contributed by atoms with Gasteiger partial charge < -0.3 is 30.5 Å². The standard InChI is InChI=1S/C41H41B2F6N3O7/c1-25(2)39(55)50-16-18-52(22-27-12-14-29(41(47,48)49)20-37(27)43(58)59)24-35-32-9-5-3-7-30(32)34(31-8-4-6-10-33(31)35)23-51(17-15-38(53)54)21-26-11-13-28(40(44,45)46)19-36(26)42(56)57/h3-14,19-20,56-59H,1,15-18,21-24H2,2H3,(H,50,55)(H,53,54). The maximum absolute atomic E-state index is 13.6. The molecule has 59 heavy (non-hydrogen) atoms. The molecule has 0 aromatic heterocycles. The Morgan fingerprint density at radius 2 is 1.03 bits per heavy atom. The Morgan fingerprint density at radius 1 is 0.644 bits per heavy atom. The van der Waals surface area contributed by atoms with Crippen LogP contribution in [0.2, 0.25) is 0 Å². The molecule has 5 rings (SSSR count). The summed E-state index contributed by atoms with van der Waals surface area (Å²) in [4.78, 5) is 27.7. The summed E-state index contributed by atoms with van der Waals surface area (Å²) in [7, 11) is -4.47. The molecule has 0 atom stereocenters. The fraction of sp³-hybridized carbons (Fsp3) is 0.268. The van der Waals surface area contributed by atoms with Crippen LogP contribution >= 0.6 is 0 Å². The first-order chi connectivity index (χ1) is 27.7. The van der Waals surface area contributed by atoms with E-state index < -0.39 is 49.6 Å². The molecule has 0 aliphatic heterocycles. The average molecular weight is 823 g/mol. The van der Waals surface area contributed by atoms with Crippen LogP contribution < -0.4 is 16.2 Å². The van der Waals surface area contributed by atoms with Gasteiger partial charge in [0.05, 0.1) is 17.5 Å². The summed E-state index contributed by atoms with van der Waals surface area (Å²) in [6.45, 7) is 5.42. The Balaban J connectivity index is 1.60. The number of benzene rings is 5. The van der Waals surface area contributed by atoms with Crippen LogP contribution in [0.15, 0.2) is 97.1 Å². The van der Waals surface area contributed by atoms with Gasteiger partial charge in [0.2, 0.25) is 5.91 Å². The maximum Gasteiger partial charge on any atom is 0.488 e. The Hall–Kier alpha value is -5.23. The van der Waals surface area contributed by atoms with Gasteiger partial charge in [-0.3, -0.25) is 19.4 Å². The van der Waals surface area contributed by atoms with E-state index in [-0.39, 0.29) is 79.9 Å². The quantitative estimate of drug-likeness (QED) is 0.0343. The van der Waals surface area contributed by atoms with Crippen molar-refractivity contribution >= 4 is 58.6 Å². The monoisotopic (exact) mass is 823 g/mol. The summed E-state index contributed by atoms with van der Waals surface area (Å²) < 4.78 is 81.5.